The molecule has 1 aromatic rings. The molecule has 0 aromatic heterocycles. The quantitative estimate of drug-likeness (QED) is 0.830. The minimum atomic E-state index is -0.513. The van der Waals surface area contributed by atoms with Gasteiger partial charge < -0.3 is 10.1 Å². The Morgan fingerprint density at radius 3 is 2.67 bits per heavy atom. The van der Waals surface area contributed by atoms with Crippen LogP contribution in [0.4, 0.5) is 0 Å². The van der Waals surface area contributed by atoms with Crippen LogP contribution < -0.4 is 5.32 Å². The number of benzene rings is 1. The first-order valence-electron chi connectivity index (χ1n) is 6.27. The highest BCUT2D eigenvalue weighted by atomic mass is 16.5. The van der Waals surface area contributed by atoms with Gasteiger partial charge >= 0.3 is 5.97 Å². The zero-order valence-corrected chi connectivity index (χ0v) is 10.4. The van der Waals surface area contributed by atoms with E-state index in [2.05, 4.69) is 5.32 Å². The fraction of sp³-hybridized carbons (Fsp3) is 0.429. The van der Waals surface area contributed by atoms with Gasteiger partial charge in [0, 0.05) is 5.56 Å². The van der Waals surface area contributed by atoms with Crippen molar-refractivity contribution in [2.24, 2.45) is 0 Å². The van der Waals surface area contributed by atoms with Gasteiger partial charge in [0.05, 0.1) is 0 Å². The lowest BCUT2D eigenvalue weighted by atomic mass is 10.0. The molecule has 1 amide bonds. The van der Waals surface area contributed by atoms with Gasteiger partial charge in [-0.05, 0) is 31.4 Å². The van der Waals surface area contributed by atoms with E-state index in [0.717, 1.165) is 12.8 Å². The number of hydrogen-bond acceptors (Lipinski definition) is 3. The zero-order chi connectivity index (χ0) is 13.0. The van der Waals surface area contributed by atoms with Gasteiger partial charge in [0.1, 0.15) is 12.1 Å². The van der Waals surface area contributed by atoms with Gasteiger partial charge in [-0.3, -0.25) is 4.79 Å². The monoisotopic (exact) mass is 247 g/mol. The third-order valence-electron chi connectivity index (χ3n) is 3.14. The molecule has 1 heterocycles. The maximum Gasteiger partial charge on any atom is 0.328 e. The summed E-state index contributed by atoms with van der Waals surface area (Å²) < 4.78 is 5.23. The van der Waals surface area contributed by atoms with Crippen molar-refractivity contribution in [1.82, 2.24) is 5.32 Å². The van der Waals surface area contributed by atoms with Crippen LogP contribution in [0.1, 0.15) is 36.5 Å². The predicted octanol–water partition coefficient (Wildman–Crippen LogP) is 1.90. The molecule has 1 aliphatic rings. The third-order valence-corrected chi connectivity index (χ3v) is 3.14. The maximum absolute atomic E-state index is 11.9. The Morgan fingerprint density at radius 2 is 2.06 bits per heavy atom. The summed E-state index contributed by atoms with van der Waals surface area (Å²) in [4.78, 5) is 23.6. The van der Waals surface area contributed by atoms with Crippen molar-refractivity contribution in [3.63, 3.8) is 0 Å². The number of amides is 1. The van der Waals surface area contributed by atoms with E-state index in [1.54, 1.807) is 24.3 Å². The highest BCUT2D eigenvalue weighted by Gasteiger charge is 2.30. The number of hydrogen-bond donors (Lipinski definition) is 1. The molecule has 2 atom stereocenters. The Labute approximate surface area is 106 Å². The second kappa shape index (κ2) is 5.67. The van der Waals surface area contributed by atoms with Crippen molar-refractivity contribution in [1.29, 1.82) is 0 Å². The van der Waals surface area contributed by atoms with E-state index >= 15 is 0 Å². The van der Waals surface area contributed by atoms with E-state index < -0.39 is 6.04 Å². The molecule has 0 unspecified atom stereocenters. The molecule has 96 valence electrons. The van der Waals surface area contributed by atoms with Gasteiger partial charge in [0.15, 0.2) is 0 Å². The number of rotatable bonds is 3. The van der Waals surface area contributed by atoms with Crippen molar-refractivity contribution in [2.45, 2.75) is 38.3 Å². The molecule has 4 nitrogen and oxygen atoms in total. The van der Waals surface area contributed by atoms with E-state index in [9.17, 15) is 9.59 Å². The van der Waals surface area contributed by atoms with Crippen LogP contribution >= 0.6 is 0 Å². The van der Waals surface area contributed by atoms with Crippen molar-refractivity contribution in [2.75, 3.05) is 0 Å². The maximum atomic E-state index is 11.9. The molecule has 0 bridgehead atoms. The minimum Gasteiger partial charge on any atom is -0.461 e. The highest BCUT2D eigenvalue weighted by Crippen LogP contribution is 2.17. The first-order valence-corrected chi connectivity index (χ1v) is 6.27. The Balaban J connectivity index is 1.94. The second-order valence-electron chi connectivity index (χ2n) is 4.44. The Kier molecular flexibility index (Phi) is 3.97. The van der Waals surface area contributed by atoms with Crippen LogP contribution in [0.2, 0.25) is 0 Å². The summed E-state index contributed by atoms with van der Waals surface area (Å²) in [5.41, 5.74) is 0.558. The molecule has 1 fully saturated rings. The number of nitrogens with one attached hydrogen (secondary N) is 1. The summed E-state index contributed by atoms with van der Waals surface area (Å²) in [6.07, 6.45) is 2.28. The van der Waals surface area contributed by atoms with Crippen LogP contribution in [0.15, 0.2) is 30.3 Å². The minimum absolute atomic E-state index is 0.00220. The summed E-state index contributed by atoms with van der Waals surface area (Å²) in [7, 11) is 0. The van der Waals surface area contributed by atoms with E-state index in [0.29, 0.717) is 12.0 Å². The zero-order valence-electron chi connectivity index (χ0n) is 10.4. The molecule has 18 heavy (non-hydrogen) atoms. The molecule has 4 heteroatoms. The molecular weight excluding hydrogens is 230 g/mol. The van der Waals surface area contributed by atoms with Gasteiger partial charge in [0.25, 0.3) is 5.91 Å². The lowest BCUT2D eigenvalue weighted by Gasteiger charge is -2.27. The van der Waals surface area contributed by atoms with E-state index in [-0.39, 0.29) is 18.0 Å². The molecule has 0 spiro atoms. The third kappa shape index (κ3) is 2.88. The van der Waals surface area contributed by atoms with Crippen LogP contribution in [0.25, 0.3) is 0 Å². The highest BCUT2D eigenvalue weighted by molar-refractivity contribution is 5.96. The Bertz CT molecular complexity index is 430. The smallest absolute Gasteiger partial charge is 0.328 e. The molecule has 0 aliphatic carbocycles. The van der Waals surface area contributed by atoms with Gasteiger partial charge in [-0.1, -0.05) is 25.1 Å². The summed E-state index contributed by atoms with van der Waals surface area (Å²) in [5, 5.41) is 2.72. The first-order chi connectivity index (χ1) is 8.70. The second-order valence-corrected chi connectivity index (χ2v) is 4.44. The number of carbonyl (C=O) groups excluding carboxylic acids is 2. The molecule has 1 aliphatic heterocycles. The number of ether oxygens (including phenoxy) is 1. The van der Waals surface area contributed by atoms with Crippen molar-refractivity contribution >= 4 is 11.9 Å². The fourth-order valence-electron chi connectivity index (χ4n) is 2.03. The summed E-state index contributed by atoms with van der Waals surface area (Å²) in [6.45, 7) is 1.99. The van der Waals surface area contributed by atoms with Crippen molar-refractivity contribution in [3.8, 4) is 0 Å². The topological polar surface area (TPSA) is 55.4 Å². The molecule has 0 saturated carbocycles. The average molecular weight is 247 g/mol. The van der Waals surface area contributed by atoms with Crippen LogP contribution in [-0.4, -0.2) is 24.0 Å². The van der Waals surface area contributed by atoms with E-state index in [1.165, 1.54) is 0 Å². The fourth-order valence-corrected chi connectivity index (χ4v) is 2.03. The van der Waals surface area contributed by atoms with Gasteiger partial charge in [-0.15, -0.1) is 0 Å². The largest absolute Gasteiger partial charge is 0.461 e. The van der Waals surface area contributed by atoms with Crippen LogP contribution in [-0.2, 0) is 9.53 Å². The number of cyclic esters (lactones) is 1. The molecule has 2 rings (SSSR count). The first kappa shape index (κ1) is 12.6. The van der Waals surface area contributed by atoms with Crippen LogP contribution in [0.3, 0.4) is 0 Å². The molecule has 1 aromatic carbocycles. The van der Waals surface area contributed by atoms with Crippen molar-refractivity contribution < 1.29 is 14.3 Å². The average Bonchev–Trinajstić information content (AvgIpc) is 2.42. The Morgan fingerprint density at radius 1 is 1.33 bits per heavy atom. The molecular formula is C14H17NO3. The SMILES string of the molecule is CC[C@@H]1CC[C@H](NC(=O)c2ccccc2)C(=O)O1. The lowest BCUT2D eigenvalue weighted by molar-refractivity contribution is -0.156. The lowest BCUT2D eigenvalue weighted by Crippen LogP contribution is -2.46. The van der Waals surface area contributed by atoms with E-state index in [4.69, 9.17) is 4.74 Å². The van der Waals surface area contributed by atoms with Crippen LogP contribution in [0, 0.1) is 0 Å². The summed E-state index contributed by atoms with van der Waals surface area (Å²) >= 11 is 0. The Hall–Kier alpha value is -1.84. The van der Waals surface area contributed by atoms with E-state index in [1.807, 2.05) is 13.0 Å². The van der Waals surface area contributed by atoms with Crippen LogP contribution in [0.5, 0.6) is 0 Å². The summed E-state index contributed by atoms with van der Waals surface area (Å²) in [5.74, 6) is -0.551. The number of esters is 1. The van der Waals surface area contributed by atoms with Gasteiger partial charge in [0.2, 0.25) is 0 Å². The number of carbonyl (C=O) groups is 2. The molecule has 1 saturated heterocycles. The predicted molar refractivity (Wildman–Crippen MR) is 67.1 cm³/mol. The molecule has 1 N–H and O–H groups in total. The van der Waals surface area contributed by atoms with Crippen molar-refractivity contribution in [3.05, 3.63) is 35.9 Å². The standard InChI is InChI=1S/C14H17NO3/c1-2-11-8-9-12(14(17)18-11)15-13(16)10-6-4-3-5-7-10/h3-7,11-12H,2,8-9H2,1H3,(H,15,16)/t11-,12+/m1/s1. The normalized spacial score (nSPS) is 23.3. The molecule has 0 radical (unpaired) electrons. The summed E-state index contributed by atoms with van der Waals surface area (Å²) in [6, 6.07) is 8.36. The van der Waals surface area contributed by atoms with Gasteiger partial charge in [-0.25, -0.2) is 4.79 Å². The van der Waals surface area contributed by atoms with Gasteiger partial charge in [-0.2, -0.15) is 0 Å².